The van der Waals surface area contributed by atoms with Crippen molar-refractivity contribution in [1.82, 2.24) is 5.32 Å². The predicted octanol–water partition coefficient (Wildman–Crippen LogP) is 4.23. The molecule has 2 rings (SSSR count). The Morgan fingerprint density at radius 2 is 1.77 bits per heavy atom. The second-order valence-electron chi connectivity index (χ2n) is 6.15. The molecule has 0 radical (unpaired) electrons. The van der Waals surface area contributed by atoms with E-state index in [0.29, 0.717) is 5.56 Å². The Kier molecular flexibility index (Phi) is 11.6. The van der Waals surface area contributed by atoms with Gasteiger partial charge >= 0.3 is 6.18 Å². The Bertz CT molecular complexity index is 542. The van der Waals surface area contributed by atoms with Gasteiger partial charge in [-0.3, -0.25) is 9.59 Å². The Balaban J connectivity index is 0.000000777. The third kappa shape index (κ3) is 10.2. The van der Waals surface area contributed by atoms with Crippen LogP contribution < -0.4 is 11.1 Å². The number of benzene rings is 1. The highest BCUT2D eigenvalue weighted by atomic mass is 19.4. The fourth-order valence-corrected chi connectivity index (χ4v) is 2.92. The van der Waals surface area contributed by atoms with Crippen LogP contribution in [-0.4, -0.2) is 24.9 Å². The van der Waals surface area contributed by atoms with Crippen molar-refractivity contribution in [2.24, 2.45) is 11.7 Å². The van der Waals surface area contributed by atoms with Crippen molar-refractivity contribution in [3.63, 3.8) is 0 Å². The number of alkyl halides is 3. The molecule has 1 aromatic carbocycles. The second-order valence-corrected chi connectivity index (χ2v) is 6.15. The number of hydrogen-bond donors (Lipinski definition) is 2. The van der Waals surface area contributed by atoms with Gasteiger partial charge in [-0.05, 0) is 30.5 Å². The summed E-state index contributed by atoms with van der Waals surface area (Å²) in [6.07, 6.45) is 2.53. The lowest BCUT2D eigenvalue weighted by Crippen LogP contribution is -2.21. The largest absolute Gasteiger partial charge is 0.446 e. The molecule has 0 atom stereocenters. The molecule has 0 aromatic heterocycles. The first-order valence-corrected chi connectivity index (χ1v) is 8.45. The maximum atomic E-state index is 11.3. The molecule has 148 valence electrons. The first-order valence-electron chi connectivity index (χ1n) is 8.45. The monoisotopic (exact) mass is 374 g/mol. The Labute approximate surface area is 153 Å². The van der Waals surface area contributed by atoms with Crippen molar-refractivity contribution in [2.75, 3.05) is 6.54 Å². The molecule has 3 N–H and O–H groups in total. The number of aldehydes is 1. The summed E-state index contributed by atoms with van der Waals surface area (Å²) in [4.78, 5) is 20.0. The van der Waals surface area contributed by atoms with Gasteiger partial charge in [0.05, 0.1) is 0 Å². The number of hydrogen-bond acceptors (Lipinski definition) is 3. The molecule has 1 aliphatic rings. The SMILES string of the molecule is C.NC(=O)c1ccccc1CNCCC1CCCCC1.O=CC(F)(F)F. The van der Waals surface area contributed by atoms with Crippen LogP contribution in [0.25, 0.3) is 0 Å². The molecule has 1 saturated carbocycles. The number of amides is 1. The molecule has 26 heavy (non-hydrogen) atoms. The number of primary amides is 1. The zero-order valence-electron chi connectivity index (χ0n) is 14.1. The number of nitrogens with two attached hydrogens (primary N) is 1. The van der Waals surface area contributed by atoms with E-state index >= 15 is 0 Å². The van der Waals surface area contributed by atoms with Gasteiger partial charge in [-0.15, -0.1) is 0 Å². The third-order valence-electron chi connectivity index (χ3n) is 4.19. The summed E-state index contributed by atoms with van der Waals surface area (Å²) < 4.78 is 31.2. The van der Waals surface area contributed by atoms with E-state index in [1.54, 1.807) is 6.07 Å². The normalized spacial score (nSPS) is 14.6. The number of rotatable bonds is 6. The quantitative estimate of drug-likeness (QED) is 0.578. The van der Waals surface area contributed by atoms with Crippen LogP contribution in [-0.2, 0) is 11.3 Å². The van der Waals surface area contributed by atoms with Crippen molar-refractivity contribution in [3.8, 4) is 0 Å². The first-order chi connectivity index (χ1) is 11.8. The molecule has 0 aliphatic heterocycles. The van der Waals surface area contributed by atoms with Gasteiger partial charge in [0.2, 0.25) is 12.2 Å². The van der Waals surface area contributed by atoms with Crippen molar-refractivity contribution in [2.45, 2.75) is 58.7 Å². The molecule has 0 saturated heterocycles. The Morgan fingerprint density at radius 3 is 2.31 bits per heavy atom. The van der Waals surface area contributed by atoms with Crippen LogP contribution in [0.15, 0.2) is 24.3 Å². The molecule has 0 spiro atoms. The summed E-state index contributed by atoms with van der Waals surface area (Å²) in [5.74, 6) is 0.553. The number of carbonyl (C=O) groups is 2. The van der Waals surface area contributed by atoms with Gasteiger partial charge in [-0.2, -0.15) is 13.2 Å². The molecule has 0 unspecified atom stereocenters. The van der Waals surface area contributed by atoms with Crippen LogP contribution in [0.2, 0.25) is 0 Å². The molecule has 1 aromatic rings. The van der Waals surface area contributed by atoms with Gasteiger partial charge in [-0.1, -0.05) is 57.7 Å². The minimum atomic E-state index is -4.64. The number of nitrogens with one attached hydrogen (secondary N) is 1. The van der Waals surface area contributed by atoms with Crippen molar-refractivity contribution >= 4 is 12.2 Å². The van der Waals surface area contributed by atoms with Crippen LogP contribution in [0.5, 0.6) is 0 Å². The molecule has 0 bridgehead atoms. The minimum Gasteiger partial charge on any atom is -0.366 e. The smallest absolute Gasteiger partial charge is 0.366 e. The second kappa shape index (κ2) is 12.5. The van der Waals surface area contributed by atoms with Crippen molar-refractivity contribution in [3.05, 3.63) is 35.4 Å². The number of carbonyl (C=O) groups excluding carboxylic acids is 2. The summed E-state index contributed by atoms with van der Waals surface area (Å²) in [6.45, 7) is 1.75. The lowest BCUT2D eigenvalue weighted by atomic mass is 9.87. The zero-order valence-corrected chi connectivity index (χ0v) is 14.1. The molecular formula is C19H29F3N2O2. The summed E-state index contributed by atoms with van der Waals surface area (Å²) >= 11 is 0. The summed E-state index contributed by atoms with van der Waals surface area (Å²) in [5.41, 5.74) is 7.00. The Hall–Kier alpha value is -1.89. The van der Waals surface area contributed by atoms with Gasteiger partial charge in [0.1, 0.15) is 0 Å². The molecule has 1 amide bonds. The molecule has 7 heteroatoms. The Morgan fingerprint density at radius 1 is 1.19 bits per heavy atom. The third-order valence-corrected chi connectivity index (χ3v) is 4.19. The standard InChI is InChI=1S/C16H24N2O.C2HF3O.CH4/c17-16(19)15-9-5-4-8-14(15)12-18-11-10-13-6-2-1-3-7-13;3-2(4,5)1-6;/h4-5,8-9,13,18H,1-3,6-7,10-12H2,(H2,17,19);1H;1H4. The fourth-order valence-electron chi connectivity index (χ4n) is 2.92. The highest BCUT2D eigenvalue weighted by molar-refractivity contribution is 5.94. The first kappa shape index (κ1) is 24.1. The predicted molar refractivity (Wildman–Crippen MR) is 96.7 cm³/mol. The van der Waals surface area contributed by atoms with Gasteiger partial charge < -0.3 is 11.1 Å². The summed E-state index contributed by atoms with van der Waals surface area (Å²) in [6, 6.07) is 7.56. The summed E-state index contributed by atoms with van der Waals surface area (Å²) in [5, 5.41) is 3.44. The molecule has 1 aliphatic carbocycles. The summed E-state index contributed by atoms with van der Waals surface area (Å²) in [7, 11) is 0. The van der Waals surface area contributed by atoms with E-state index < -0.39 is 12.5 Å². The average Bonchev–Trinajstić information content (AvgIpc) is 2.60. The highest BCUT2D eigenvalue weighted by Gasteiger charge is 2.24. The van der Waals surface area contributed by atoms with E-state index in [-0.39, 0.29) is 13.3 Å². The van der Waals surface area contributed by atoms with Crippen LogP contribution in [0.4, 0.5) is 13.2 Å². The average molecular weight is 374 g/mol. The van der Waals surface area contributed by atoms with E-state index in [1.807, 2.05) is 18.2 Å². The minimum absolute atomic E-state index is 0. The molecule has 1 fully saturated rings. The van der Waals surface area contributed by atoms with Gasteiger partial charge in [-0.25, -0.2) is 0 Å². The van der Waals surface area contributed by atoms with E-state index in [4.69, 9.17) is 10.5 Å². The molecule has 4 nitrogen and oxygen atoms in total. The maximum absolute atomic E-state index is 11.3. The van der Waals surface area contributed by atoms with E-state index in [1.165, 1.54) is 38.5 Å². The van der Waals surface area contributed by atoms with Gasteiger partial charge in [0.15, 0.2) is 0 Å². The lowest BCUT2D eigenvalue weighted by molar-refractivity contribution is -0.156. The fraction of sp³-hybridized carbons (Fsp3) is 0.579. The van der Waals surface area contributed by atoms with Crippen LogP contribution in [0, 0.1) is 5.92 Å². The van der Waals surface area contributed by atoms with E-state index in [9.17, 15) is 18.0 Å². The van der Waals surface area contributed by atoms with Gasteiger partial charge in [0, 0.05) is 12.1 Å². The van der Waals surface area contributed by atoms with Gasteiger partial charge in [0.25, 0.3) is 0 Å². The molecule has 0 heterocycles. The lowest BCUT2D eigenvalue weighted by Gasteiger charge is -2.21. The topological polar surface area (TPSA) is 72.2 Å². The number of halogens is 3. The van der Waals surface area contributed by atoms with E-state index in [2.05, 4.69) is 5.32 Å². The maximum Gasteiger partial charge on any atom is 0.446 e. The molecular weight excluding hydrogens is 345 g/mol. The van der Waals surface area contributed by atoms with Crippen LogP contribution in [0.3, 0.4) is 0 Å². The van der Waals surface area contributed by atoms with Crippen LogP contribution in [0.1, 0.15) is 61.9 Å². The van der Waals surface area contributed by atoms with Crippen LogP contribution >= 0.6 is 0 Å². The van der Waals surface area contributed by atoms with E-state index in [0.717, 1.165) is 24.6 Å². The van der Waals surface area contributed by atoms with Crippen molar-refractivity contribution < 1.29 is 22.8 Å². The van der Waals surface area contributed by atoms with Crippen molar-refractivity contribution in [1.29, 1.82) is 0 Å². The highest BCUT2D eigenvalue weighted by Crippen LogP contribution is 2.25. The zero-order chi connectivity index (χ0) is 18.7.